The molecular weight excluding hydrogens is 299 g/mol. The van der Waals surface area contributed by atoms with Crippen LogP contribution in [0.3, 0.4) is 0 Å². The van der Waals surface area contributed by atoms with Crippen molar-refractivity contribution in [2.45, 2.75) is 12.6 Å². The standard InChI is InChI=1S/C14H14F3N3O2/c1-20-12(8-11(19-20)14(15,16)17)18-13(21)7-9-5-3-4-6-10(9)22-2/h3-6,8H,7H2,1-2H3,(H,18,21). The molecule has 1 aromatic heterocycles. The molecule has 118 valence electrons. The van der Waals surface area contributed by atoms with E-state index in [-0.39, 0.29) is 12.2 Å². The van der Waals surface area contributed by atoms with Gasteiger partial charge in [-0.05, 0) is 6.07 Å². The van der Waals surface area contributed by atoms with E-state index in [1.54, 1.807) is 24.3 Å². The summed E-state index contributed by atoms with van der Waals surface area (Å²) >= 11 is 0. The Labute approximate surface area is 124 Å². The SMILES string of the molecule is COc1ccccc1CC(=O)Nc1cc(C(F)(F)F)nn1C. The predicted octanol–water partition coefficient (Wildman–Crippen LogP) is 2.63. The Morgan fingerprint density at radius 1 is 1.36 bits per heavy atom. The number of methoxy groups -OCH3 is 1. The van der Waals surface area contributed by atoms with E-state index in [4.69, 9.17) is 4.74 Å². The number of anilines is 1. The van der Waals surface area contributed by atoms with Gasteiger partial charge in [0.25, 0.3) is 0 Å². The van der Waals surface area contributed by atoms with Gasteiger partial charge in [0.2, 0.25) is 5.91 Å². The minimum atomic E-state index is -4.55. The van der Waals surface area contributed by atoms with Crippen LogP contribution in [0.2, 0.25) is 0 Å². The summed E-state index contributed by atoms with van der Waals surface area (Å²) in [7, 11) is 2.81. The Bertz CT molecular complexity index is 680. The highest BCUT2D eigenvalue weighted by Gasteiger charge is 2.34. The molecule has 0 aliphatic carbocycles. The van der Waals surface area contributed by atoms with Crippen LogP contribution in [0.25, 0.3) is 0 Å². The number of para-hydroxylation sites is 1. The van der Waals surface area contributed by atoms with Crippen molar-refractivity contribution in [3.05, 3.63) is 41.6 Å². The minimum Gasteiger partial charge on any atom is -0.496 e. The number of carbonyl (C=O) groups is 1. The fraction of sp³-hybridized carbons (Fsp3) is 0.286. The first-order valence-corrected chi connectivity index (χ1v) is 6.34. The van der Waals surface area contributed by atoms with E-state index in [1.165, 1.54) is 14.2 Å². The highest BCUT2D eigenvalue weighted by Crippen LogP contribution is 2.29. The molecule has 0 radical (unpaired) electrons. The van der Waals surface area contributed by atoms with Crippen LogP contribution in [-0.4, -0.2) is 22.8 Å². The maximum atomic E-state index is 12.6. The number of ether oxygens (including phenoxy) is 1. The normalized spacial score (nSPS) is 11.3. The Hall–Kier alpha value is -2.51. The van der Waals surface area contributed by atoms with E-state index >= 15 is 0 Å². The molecule has 1 heterocycles. The lowest BCUT2D eigenvalue weighted by Crippen LogP contribution is -2.17. The first kappa shape index (κ1) is 15.9. The second kappa shape index (κ2) is 6.08. The molecule has 0 fully saturated rings. The van der Waals surface area contributed by atoms with Gasteiger partial charge in [-0.25, -0.2) is 0 Å². The molecule has 1 N–H and O–H groups in total. The zero-order valence-corrected chi connectivity index (χ0v) is 11.9. The number of nitrogens with zero attached hydrogens (tertiary/aromatic N) is 2. The van der Waals surface area contributed by atoms with Crippen LogP contribution in [-0.2, 0) is 24.4 Å². The lowest BCUT2D eigenvalue weighted by atomic mass is 10.1. The molecule has 0 saturated heterocycles. The van der Waals surface area contributed by atoms with Gasteiger partial charge >= 0.3 is 6.18 Å². The number of halogens is 3. The van der Waals surface area contributed by atoms with Crippen LogP contribution in [0, 0.1) is 0 Å². The van der Waals surface area contributed by atoms with Crippen LogP contribution < -0.4 is 10.1 Å². The molecule has 0 atom stereocenters. The molecule has 2 aromatic rings. The van der Waals surface area contributed by atoms with Crippen molar-refractivity contribution in [1.82, 2.24) is 9.78 Å². The number of nitrogens with one attached hydrogen (secondary N) is 1. The van der Waals surface area contributed by atoms with E-state index in [9.17, 15) is 18.0 Å². The number of alkyl halides is 3. The minimum absolute atomic E-state index is 0.0173. The first-order valence-electron chi connectivity index (χ1n) is 6.34. The van der Waals surface area contributed by atoms with Crippen molar-refractivity contribution in [1.29, 1.82) is 0 Å². The lowest BCUT2D eigenvalue weighted by molar-refractivity contribution is -0.141. The number of hydrogen-bond donors (Lipinski definition) is 1. The Balaban J connectivity index is 2.11. The summed E-state index contributed by atoms with van der Waals surface area (Å²) in [4.78, 5) is 12.0. The zero-order valence-electron chi connectivity index (χ0n) is 11.9. The predicted molar refractivity (Wildman–Crippen MR) is 73.5 cm³/mol. The summed E-state index contributed by atoms with van der Waals surface area (Å²) in [6, 6.07) is 7.71. The summed E-state index contributed by atoms with van der Waals surface area (Å²) in [6.07, 6.45) is -4.57. The molecule has 2 rings (SSSR count). The van der Waals surface area contributed by atoms with Gasteiger partial charge in [-0.15, -0.1) is 0 Å². The smallest absolute Gasteiger partial charge is 0.435 e. The van der Waals surface area contributed by atoms with Crippen molar-refractivity contribution in [3.8, 4) is 5.75 Å². The molecule has 0 aliphatic rings. The Morgan fingerprint density at radius 3 is 2.64 bits per heavy atom. The van der Waals surface area contributed by atoms with Gasteiger partial charge in [-0.3, -0.25) is 9.48 Å². The lowest BCUT2D eigenvalue weighted by Gasteiger charge is -2.08. The molecule has 22 heavy (non-hydrogen) atoms. The number of amides is 1. The second-order valence-corrected chi connectivity index (χ2v) is 4.57. The third-order valence-corrected chi connectivity index (χ3v) is 2.98. The number of carbonyl (C=O) groups excluding carboxylic acids is 1. The summed E-state index contributed by atoms with van der Waals surface area (Å²) in [6.45, 7) is 0. The molecular formula is C14H14F3N3O2. The van der Waals surface area contributed by atoms with Crippen LogP contribution in [0.15, 0.2) is 30.3 Å². The van der Waals surface area contributed by atoms with Gasteiger partial charge in [-0.1, -0.05) is 18.2 Å². The number of aromatic nitrogens is 2. The van der Waals surface area contributed by atoms with Gasteiger partial charge in [0.05, 0.1) is 13.5 Å². The summed E-state index contributed by atoms with van der Waals surface area (Å²) in [5, 5.41) is 5.74. The average Bonchev–Trinajstić information content (AvgIpc) is 2.80. The fourth-order valence-corrected chi connectivity index (χ4v) is 1.93. The van der Waals surface area contributed by atoms with E-state index in [2.05, 4.69) is 10.4 Å². The first-order chi connectivity index (χ1) is 10.3. The molecule has 0 aliphatic heterocycles. The van der Waals surface area contributed by atoms with Crippen molar-refractivity contribution >= 4 is 11.7 Å². The number of aryl methyl sites for hydroxylation is 1. The molecule has 5 nitrogen and oxygen atoms in total. The highest BCUT2D eigenvalue weighted by atomic mass is 19.4. The molecule has 0 saturated carbocycles. The molecule has 1 amide bonds. The third kappa shape index (κ3) is 3.57. The number of benzene rings is 1. The number of hydrogen-bond acceptors (Lipinski definition) is 3. The van der Waals surface area contributed by atoms with Crippen molar-refractivity contribution in [2.24, 2.45) is 7.05 Å². The summed E-state index contributed by atoms with van der Waals surface area (Å²) in [5.74, 6) is 0.0621. The Kier molecular flexibility index (Phi) is 4.39. The summed E-state index contributed by atoms with van der Waals surface area (Å²) < 4.78 is 43.8. The zero-order chi connectivity index (χ0) is 16.3. The van der Waals surface area contributed by atoms with E-state index < -0.39 is 17.8 Å². The highest BCUT2D eigenvalue weighted by molar-refractivity contribution is 5.91. The largest absolute Gasteiger partial charge is 0.496 e. The van der Waals surface area contributed by atoms with Crippen molar-refractivity contribution in [2.75, 3.05) is 12.4 Å². The van der Waals surface area contributed by atoms with Crippen LogP contribution in [0.4, 0.5) is 19.0 Å². The topological polar surface area (TPSA) is 56.1 Å². The van der Waals surface area contributed by atoms with E-state index in [1.807, 2.05) is 0 Å². The van der Waals surface area contributed by atoms with Crippen LogP contribution >= 0.6 is 0 Å². The monoisotopic (exact) mass is 313 g/mol. The van der Waals surface area contributed by atoms with Gasteiger partial charge in [0.15, 0.2) is 5.69 Å². The van der Waals surface area contributed by atoms with Crippen molar-refractivity contribution in [3.63, 3.8) is 0 Å². The molecule has 0 unspecified atom stereocenters. The van der Waals surface area contributed by atoms with Gasteiger partial charge < -0.3 is 10.1 Å². The number of rotatable bonds is 4. The molecule has 0 spiro atoms. The van der Waals surface area contributed by atoms with E-state index in [0.29, 0.717) is 11.3 Å². The fourth-order valence-electron chi connectivity index (χ4n) is 1.93. The van der Waals surface area contributed by atoms with Crippen LogP contribution in [0.5, 0.6) is 5.75 Å². The van der Waals surface area contributed by atoms with Crippen molar-refractivity contribution < 1.29 is 22.7 Å². The van der Waals surface area contributed by atoms with Gasteiger partial charge in [-0.2, -0.15) is 18.3 Å². The van der Waals surface area contributed by atoms with Gasteiger partial charge in [0.1, 0.15) is 11.6 Å². The average molecular weight is 313 g/mol. The Morgan fingerprint density at radius 2 is 2.05 bits per heavy atom. The van der Waals surface area contributed by atoms with Gasteiger partial charge in [0, 0.05) is 18.7 Å². The maximum absolute atomic E-state index is 12.6. The molecule has 1 aromatic carbocycles. The quantitative estimate of drug-likeness (QED) is 0.944. The maximum Gasteiger partial charge on any atom is 0.435 e. The second-order valence-electron chi connectivity index (χ2n) is 4.57. The van der Waals surface area contributed by atoms with Crippen LogP contribution in [0.1, 0.15) is 11.3 Å². The summed E-state index contributed by atoms with van der Waals surface area (Å²) in [5.41, 5.74) is -0.414. The molecule has 8 heteroatoms. The third-order valence-electron chi connectivity index (χ3n) is 2.98. The van der Waals surface area contributed by atoms with E-state index in [0.717, 1.165) is 10.7 Å². The molecule has 0 bridgehead atoms.